The summed E-state index contributed by atoms with van der Waals surface area (Å²) in [6, 6.07) is 0. The van der Waals surface area contributed by atoms with Gasteiger partial charge in [-0.25, -0.2) is 4.79 Å². The molecule has 0 atom stereocenters. The van der Waals surface area contributed by atoms with Crippen molar-refractivity contribution >= 4 is 11.6 Å². The third-order valence-electron chi connectivity index (χ3n) is 4.44. The minimum atomic E-state index is -0.419. The van der Waals surface area contributed by atoms with Crippen molar-refractivity contribution in [2.75, 3.05) is 14.1 Å². The molecule has 20 heavy (non-hydrogen) atoms. The maximum atomic E-state index is 12.5. The third-order valence-corrected chi connectivity index (χ3v) is 4.73. The molecule has 0 unspecified atom stereocenters. The summed E-state index contributed by atoms with van der Waals surface area (Å²) in [5.74, 6) is -0.0187. The quantitative estimate of drug-likeness (QED) is 0.863. The molecule has 2 rings (SSSR count). The second kappa shape index (κ2) is 5.37. The minimum Gasteiger partial charge on any atom is -0.302 e. The Labute approximate surface area is 123 Å². The molecule has 1 heterocycles. The van der Waals surface area contributed by atoms with Crippen molar-refractivity contribution in [1.82, 2.24) is 14.5 Å². The van der Waals surface area contributed by atoms with Crippen molar-refractivity contribution in [3.8, 4) is 0 Å². The van der Waals surface area contributed by atoms with Crippen LogP contribution in [-0.4, -0.2) is 34.1 Å². The average Bonchev–Trinajstić information content (AvgIpc) is 2.24. The van der Waals surface area contributed by atoms with Gasteiger partial charge >= 0.3 is 5.69 Å². The van der Waals surface area contributed by atoms with Gasteiger partial charge in [-0.2, -0.15) is 0 Å². The van der Waals surface area contributed by atoms with Crippen LogP contribution in [0.5, 0.6) is 0 Å². The Morgan fingerprint density at radius 3 is 2.35 bits per heavy atom. The summed E-state index contributed by atoms with van der Waals surface area (Å²) < 4.78 is 1.31. The highest BCUT2D eigenvalue weighted by atomic mass is 35.5. The smallest absolute Gasteiger partial charge is 0.302 e. The van der Waals surface area contributed by atoms with Crippen LogP contribution in [0.15, 0.2) is 9.59 Å². The molecule has 1 aromatic rings. The lowest BCUT2D eigenvalue weighted by atomic mass is 9.75. The van der Waals surface area contributed by atoms with Gasteiger partial charge in [0.15, 0.2) is 0 Å². The van der Waals surface area contributed by atoms with E-state index >= 15 is 0 Å². The van der Waals surface area contributed by atoms with Crippen LogP contribution < -0.4 is 11.2 Å². The third kappa shape index (κ3) is 2.44. The highest BCUT2D eigenvalue weighted by molar-refractivity contribution is 6.30. The van der Waals surface area contributed by atoms with Crippen LogP contribution >= 0.6 is 11.6 Å². The fourth-order valence-corrected chi connectivity index (χ4v) is 3.21. The Morgan fingerprint density at radius 1 is 1.35 bits per heavy atom. The minimum absolute atomic E-state index is 0.0187. The number of nitrogens with one attached hydrogen (secondary N) is 1. The summed E-state index contributed by atoms with van der Waals surface area (Å²) in [7, 11) is 4.00. The van der Waals surface area contributed by atoms with E-state index in [1.165, 1.54) is 4.57 Å². The van der Waals surface area contributed by atoms with Crippen LogP contribution in [0.4, 0.5) is 0 Å². The van der Waals surface area contributed by atoms with Crippen LogP contribution in [0.25, 0.3) is 0 Å². The van der Waals surface area contributed by atoms with Gasteiger partial charge < -0.3 is 4.90 Å². The largest absolute Gasteiger partial charge is 0.329 e. The molecule has 5 nitrogen and oxygen atoms in total. The topological polar surface area (TPSA) is 58.1 Å². The Morgan fingerprint density at radius 2 is 1.95 bits per heavy atom. The Balaban J connectivity index is 2.50. The second-order valence-electron chi connectivity index (χ2n) is 6.18. The number of halogens is 1. The number of aromatic nitrogens is 2. The van der Waals surface area contributed by atoms with Gasteiger partial charge in [-0.1, -0.05) is 25.4 Å². The first-order chi connectivity index (χ1) is 9.28. The number of likely N-dealkylation sites (N-methyl/N-ethyl adjacent to an activating group) is 1. The van der Waals surface area contributed by atoms with Crippen molar-refractivity contribution < 1.29 is 0 Å². The lowest BCUT2D eigenvalue weighted by molar-refractivity contribution is 0.0400. The maximum Gasteiger partial charge on any atom is 0.329 e. The van der Waals surface area contributed by atoms with Gasteiger partial charge in [0.2, 0.25) is 0 Å². The van der Waals surface area contributed by atoms with Gasteiger partial charge in [-0.3, -0.25) is 14.3 Å². The van der Waals surface area contributed by atoms with Crippen molar-refractivity contribution in [2.45, 2.75) is 51.1 Å². The molecular formula is C14H22ClN3O2. The summed E-state index contributed by atoms with van der Waals surface area (Å²) in [5, 5.41) is 0.166. The number of nitrogens with zero attached hydrogens (tertiary/aromatic N) is 2. The van der Waals surface area contributed by atoms with Gasteiger partial charge in [0.05, 0.1) is 5.56 Å². The van der Waals surface area contributed by atoms with Gasteiger partial charge in [0.25, 0.3) is 5.56 Å². The standard InChI is InChI=1S/C14H22ClN3O2/c1-9(2)10-11(15)16-13(20)18(12(10)19)8-14(17(3)4)6-5-7-14/h9H,5-8H2,1-4H3,(H,16,20). The van der Waals surface area contributed by atoms with Crippen molar-refractivity contribution in [3.05, 3.63) is 31.6 Å². The lowest BCUT2D eigenvalue weighted by Crippen LogP contribution is -2.56. The molecule has 0 aliphatic heterocycles. The summed E-state index contributed by atoms with van der Waals surface area (Å²) >= 11 is 6.00. The van der Waals surface area contributed by atoms with E-state index in [1.807, 2.05) is 27.9 Å². The number of hydrogen-bond acceptors (Lipinski definition) is 3. The molecule has 112 valence electrons. The van der Waals surface area contributed by atoms with Crippen LogP contribution in [0, 0.1) is 0 Å². The van der Waals surface area contributed by atoms with E-state index in [-0.39, 0.29) is 22.2 Å². The highest BCUT2D eigenvalue weighted by Crippen LogP contribution is 2.37. The molecule has 1 aliphatic carbocycles. The molecule has 1 aliphatic rings. The lowest BCUT2D eigenvalue weighted by Gasteiger charge is -2.47. The fourth-order valence-electron chi connectivity index (χ4n) is 2.83. The number of aromatic amines is 1. The molecule has 1 aromatic heterocycles. The van der Waals surface area contributed by atoms with Gasteiger partial charge in [-0.15, -0.1) is 0 Å². The zero-order valence-corrected chi connectivity index (χ0v) is 13.3. The number of hydrogen-bond donors (Lipinski definition) is 1. The molecule has 0 bridgehead atoms. The first kappa shape index (κ1) is 15.3. The molecule has 0 amide bonds. The molecule has 1 saturated carbocycles. The Hall–Kier alpha value is -1.07. The van der Waals surface area contributed by atoms with Gasteiger partial charge in [0.1, 0.15) is 5.15 Å². The fraction of sp³-hybridized carbons (Fsp3) is 0.714. The van der Waals surface area contributed by atoms with E-state index in [2.05, 4.69) is 9.88 Å². The predicted molar refractivity (Wildman–Crippen MR) is 80.7 cm³/mol. The number of H-pyrrole nitrogens is 1. The van der Waals surface area contributed by atoms with Crippen LogP contribution in [-0.2, 0) is 6.54 Å². The van der Waals surface area contributed by atoms with E-state index in [9.17, 15) is 9.59 Å². The Bertz CT molecular complexity index is 612. The van der Waals surface area contributed by atoms with Gasteiger partial charge in [0, 0.05) is 12.1 Å². The molecule has 1 fully saturated rings. The summed E-state index contributed by atoms with van der Waals surface area (Å²) in [6.07, 6.45) is 3.15. The van der Waals surface area contributed by atoms with E-state index < -0.39 is 5.69 Å². The molecule has 1 N–H and O–H groups in total. The van der Waals surface area contributed by atoms with Gasteiger partial charge in [-0.05, 0) is 39.3 Å². The zero-order chi connectivity index (χ0) is 15.1. The average molecular weight is 300 g/mol. The normalized spacial score (nSPS) is 17.6. The van der Waals surface area contributed by atoms with Crippen LogP contribution in [0.1, 0.15) is 44.6 Å². The molecule has 0 aromatic carbocycles. The van der Waals surface area contributed by atoms with E-state index in [0.717, 1.165) is 19.3 Å². The van der Waals surface area contributed by atoms with E-state index in [4.69, 9.17) is 11.6 Å². The first-order valence-corrected chi connectivity index (χ1v) is 7.36. The van der Waals surface area contributed by atoms with E-state index in [1.54, 1.807) is 0 Å². The van der Waals surface area contributed by atoms with Crippen molar-refractivity contribution in [1.29, 1.82) is 0 Å². The molecule has 0 saturated heterocycles. The van der Waals surface area contributed by atoms with Crippen molar-refractivity contribution in [2.24, 2.45) is 0 Å². The zero-order valence-electron chi connectivity index (χ0n) is 12.5. The Kier molecular flexibility index (Phi) is 4.12. The summed E-state index contributed by atoms with van der Waals surface area (Å²) in [6.45, 7) is 4.22. The van der Waals surface area contributed by atoms with Crippen LogP contribution in [0.3, 0.4) is 0 Å². The molecule has 6 heteroatoms. The maximum absolute atomic E-state index is 12.5. The molecule has 0 radical (unpaired) electrons. The molecular weight excluding hydrogens is 278 g/mol. The predicted octanol–water partition coefficient (Wildman–Crippen LogP) is 1.80. The number of rotatable bonds is 4. The highest BCUT2D eigenvalue weighted by Gasteiger charge is 2.40. The SMILES string of the molecule is CC(C)c1c(Cl)[nH]c(=O)n(CC2(N(C)C)CCC2)c1=O. The van der Waals surface area contributed by atoms with Crippen molar-refractivity contribution in [3.63, 3.8) is 0 Å². The van der Waals surface area contributed by atoms with E-state index in [0.29, 0.717) is 12.1 Å². The van der Waals surface area contributed by atoms with Crippen LogP contribution in [0.2, 0.25) is 5.15 Å². The monoisotopic (exact) mass is 299 g/mol. The summed E-state index contributed by atoms with van der Waals surface area (Å²) in [5.41, 5.74) is -0.280. The first-order valence-electron chi connectivity index (χ1n) is 6.98. The molecule has 0 spiro atoms. The summed E-state index contributed by atoms with van der Waals surface area (Å²) in [4.78, 5) is 29.3. The second-order valence-corrected chi connectivity index (χ2v) is 6.55.